The number of nitrogens with zero attached hydrogens (tertiary/aromatic N) is 2. The van der Waals surface area contributed by atoms with Crippen molar-refractivity contribution in [3.8, 4) is 22.6 Å². The predicted octanol–water partition coefficient (Wildman–Crippen LogP) is 9.17. The molecule has 3 nitrogen and oxygen atoms in total. The van der Waals surface area contributed by atoms with Crippen LogP contribution in [0.4, 0.5) is 0 Å². The molecule has 3 heteroatoms. The van der Waals surface area contributed by atoms with Gasteiger partial charge in [0.2, 0.25) is 0 Å². The van der Waals surface area contributed by atoms with Gasteiger partial charge in [-0.25, -0.2) is 9.97 Å². The molecule has 0 amide bonds. The summed E-state index contributed by atoms with van der Waals surface area (Å²) < 4.78 is 6.16. The Morgan fingerprint density at radius 2 is 1.24 bits per heavy atom. The minimum atomic E-state index is 0.723. The highest BCUT2D eigenvalue weighted by Crippen LogP contribution is 2.38. The maximum atomic E-state index is 6.16. The van der Waals surface area contributed by atoms with E-state index in [1.165, 1.54) is 5.39 Å². The zero-order valence-electron chi connectivity index (χ0n) is 19.8. The van der Waals surface area contributed by atoms with E-state index in [1.54, 1.807) is 0 Å². The molecule has 8 aromatic rings. The van der Waals surface area contributed by atoms with E-state index in [1.807, 2.05) is 18.2 Å². The van der Waals surface area contributed by atoms with Crippen molar-refractivity contribution >= 4 is 54.4 Å². The van der Waals surface area contributed by atoms with E-state index in [-0.39, 0.29) is 0 Å². The highest BCUT2D eigenvalue weighted by atomic mass is 16.3. The summed E-state index contributed by atoms with van der Waals surface area (Å²) in [7, 11) is 0. The van der Waals surface area contributed by atoms with E-state index in [9.17, 15) is 0 Å². The molecular formula is C34H20N2O. The molecule has 0 saturated carbocycles. The monoisotopic (exact) mass is 472 g/mol. The molecule has 0 saturated heterocycles. The van der Waals surface area contributed by atoms with Gasteiger partial charge in [-0.3, -0.25) is 0 Å². The van der Waals surface area contributed by atoms with Gasteiger partial charge >= 0.3 is 0 Å². The maximum absolute atomic E-state index is 6.16. The van der Waals surface area contributed by atoms with E-state index in [4.69, 9.17) is 14.4 Å². The number of furan rings is 1. The third-order valence-electron chi connectivity index (χ3n) is 7.26. The van der Waals surface area contributed by atoms with E-state index in [0.29, 0.717) is 0 Å². The van der Waals surface area contributed by atoms with Crippen LogP contribution in [0.5, 0.6) is 0 Å². The van der Waals surface area contributed by atoms with Crippen molar-refractivity contribution in [2.45, 2.75) is 0 Å². The molecule has 0 spiro atoms. The molecule has 0 radical (unpaired) electrons. The molecule has 0 fully saturated rings. The highest BCUT2D eigenvalue weighted by Gasteiger charge is 2.16. The van der Waals surface area contributed by atoms with Crippen molar-refractivity contribution in [1.82, 2.24) is 9.97 Å². The van der Waals surface area contributed by atoms with Crippen LogP contribution < -0.4 is 0 Å². The summed E-state index contributed by atoms with van der Waals surface area (Å²) in [5, 5.41) is 7.78. The third kappa shape index (κ3) is 3.08. The van der Waals surface area contributed by atoms with E-state index in [2.05, 4.69) is 103 Å². The van der Waals surface area contributed by atoms with Crippen molar-refractivity contribution < 1.29 is 4.42 Å². The molecule has 0 N–H and O–H groups in total. The second kappa shape index (κ2) is 7.74. The summed E-state index contributed by atoms with van der Waals surface area (Å²) in [5.74, 6) is 0.723. The molecule has 0 unspecified atom stereocenters. The molecule has 2 heterocycles. The van der Waals surface area contributed by atoms with Crippen molar-refractivity contribution in [3.63, 3.8) is 0 Å². The quantitative estimate of drug-likeness (QED) is 0.235. The Hall–Kier alpha value is -5.02. The van der Waals surface area contributed by atoms with Gasteiger partial charge in [0.15, 0.2) is 5.82 Å². The number of para-hydroxylation sites is 1. The molecule has 0 aliphatic heterocycles. The number of benzene rings is 6. The first kappa shape index (κ1) is 20.2. The van der Waals surface area contributed by atoms with Crippen molar-refractivity contribution in [2.24, 2.45) is 0 Å². The fourth-order valence-electron chi connectivity index (χ4n) is 5.49. The summed E-state index contributed by atoms with van der Waals surface area (Å²) in [5.41, 5.74) is 5.79. The average molecular weight is 473 g/mol. The van der Waals surface area contributed by atoms with Crippen LogP contribution in [0.25, 0.3) is 77.0 Å². The van der Waals surface area contributed by atoms with Crippen LogP contribution in [0, 0.1) is 0 Å². The maximum Gasteiger partial charge on any atom is 0.161 e. The standard InChI is InChI=1S/C34H20N2O/c1-2-10-22(11-3-1)32-27-18-17-21-9-4-5-13-24(21)33(27)36-34(35-32)26-15-8-12-23-19-31-29(20-28(23)26)25-14-6-7-16-30(25)37-31/h1-20H. The Kier molecular flexibility index (Phi) is 4.23. The summed E-state index contributed by atoms with van der Waals surface area (Å²) in [4.78, 5) is 10.4. The molecule has 0 aliphatic carbocycles. The van der Waals surface area contributed by atoms with Gasteiger partial charge in [0.1, 0.15) is 11.2 Å². The number of hydrogen-bond acceptors (Lipinski definition) is 3. The Morgan fingerprint density at radius 1 is 0.459 bits per heavy atom. The van der Waals surface area contributed by atoms with E-state index >= 15 is 0 Å². The molecule has 0 atom stereocenters. The first-order valence-corrected chi connectivity index (χ1v) is 12.4. The topological polar surface area (TPSA) is 38.9 Å². The summed E-state index contributed by atoms with van der Waals surface area (Å²) in [6.07, 6.45) is 0. The Bertz CT molecular complexity index is 2140. The summed E-state index contributed by atoms with van der Waals surface area (Å²) in [6.45, 7) is 0. The van der Waals surface area contributed by atoms with Gasteiger partial charge < -0.3 is 4.42 Å². The molecular weight excluding hydrogens is 452 g/mol. The van der Waals surface area contributed by atoms with Crippen molar-refractivity contribution in [3.05, 3.63) is 121 Å². The highest BCUT2D eigenvalue weighted by molar-refractivity contribution is 6.13. The lowest BCUT2D eigenvalue weighted by atomic mass is 9.99. The van der Waals surface area contributed by atoms with Crippen LogP contribution in [0.2, 0.25) is 0 Å². The van der Waals surface area contributed by atoms with E-state index < -0.39 is 0 Å². The first-order valence-electron chi connectivity index (χ1n) is 12.4. The Balaban J connectivity index is 1.49. The zero-order chi connectivity index (χ0) is 24.3. The van der Waals surface area contributed by atoms with Gasteiger partial charge in [0.25, 0.3) is 0 Å². The van der Waals surface area contributed by atoms with Gasteiger partial charge in [-0.2, -0.15) is 0 Å². The molecule has 172 valence electrons. The third-order valence-corrected chi connectivity index (χ3v) is 7.26. The largest absolute Gasteiger partial charge is 0.456 e. The zero-order valence-corrected chi connectivity index (χ0v) is 19.8. The SMILES string of the molecule is c1ccc(-c2nc(-c3cccc4cc5oc6ccccc6c5cc34)nc3c2ccc2ccccc23)cc1. The van der Waals surface area contributed by atoms with Gasteiger partial charge in [-0.1, -0.05) is 97.1 Å². The summed E-state index contributed by atoms with van der Waals surface area (Å²) >= 11 is 0. The van der Waals surface area contributed by atoms with Crippen LogP contribution in [-0.4, -0.2) is 9.97 Å². The molecule has 2 aromatic heterocycles. The smallest absolute Gasteiger partial charge is 0.161 e. The van der Waals surface area contributed by atoms with Gasteiger partial charge in [0, 0.05) is 32.7 Å². The average Bonchev–Trinajstić information content (AvgIpc) is 3.33. The lowest BCUT2D eigenvalue weighted by Gasteiger charge is -2.13. The fraction of sp³-hybridized carbons (Fsp3) is 0. The molecule has 8 rings (SSSR count). The number of rotatable bonds is 2. The summed E-state index contributed by atoms with van der Waals surface area (Å²) in [6, 6.07) is 42.0. The van der Waals surface area contributed by atoms with Crippen LogP contribution in [0.1, 0.15) is 0 Å². The lowest BCUT2D eigenvalue weighted by Crippen LogP contribution is -1.96. The second-order valence-electron chi connectivity index (χ2n) is 9.42. The van der Waals surface area contributed by atoms with Crippen molar-refractivity contribution in [1.29, 1.82) is 0 Å². The number of aromatic nitrogens is 2. The van der Waals surface area contributed by atoms with Crippen LogP contribution >= 0.6 is 0 Å². The van der Waals surface area contributed by atoms with Crippen LogP contribution in [0.3, 0.4) is 0 Å². The number of hydrogen-bond donors (Lipinski definition) is 0. The van der Waals surface area contributed by atoms with Crippen molar-refractivity contribution in [2.75, 3.05) is 0 Å². The van der Waals surface area contributed by atoms with E-state index in [0.717, 1.165) is 71.6 Å². The number of fused-ring (bicyclic) bond motifs is 7. The first-order chi connectivity index (χ1) is 18.3. The molecule has 37 heavy (non-hydrogen) atoms. The van der Waals surface area contributed by atoms with Gasteiger partial charge in [0.05, 0.1) is 11.2 Å². The van der Waals surface area contributed by atoms with Gasteiger partial charge in [-0.15, -0.1) is 0 Å². The fourth-order valence-corrected chi connectivity index (χ4v) is 5.49. The minimum absolute atomic E-state index is 0.723. The Morgan fingerprint density at radius 3 is 2.16 bits per heavy atom. The van der Waals surface area contributed by atoms with Crippen LogP contribution in [-0.2, 0) is 0 Å². The van der Waals surface area contributed by atoms with Gasteiger partial charge in [-0.05, 0) is 40.4 Å². The Labute approximate surface area is 212 Å². The predicted molar refractivity (Wildman–Crippen MR) is 153 cm³/mol. The normalized spacial score (nSPS) is 11.8. The molecule has 6 aromatic carbocycles. The lowest BCUT2D eigenvalue weighted by molar-refractivity contribution is 0.669. The molecule has 0 aliphatic rings. The second-order valence-corrected chi connectivity index (χ2v) is 9.42. The minimum Gasteiger partial charge on any atom is -0.456 e. The molecule has 0 bridgehead atoms. The van der Waals surface area contributed by atoms with Crippen LogP contribution in [0.15, 0.2) is 126 Å².